The van der Waals surface area contributed by atoms with Crippen LogP contribution in [0.1, 0.15) is 24.1 Å². The predicted octanol–water partition coefficient (Wildman–Crippen LogP) is 3.05. The van der Waals surface area contributed by atoms with Crippen molar-refractivity contribution in [2.45, 2.75) is 25.9 Å². The van der Waals surface area contributed by atoms with E-state index in [1.54, 1.807) is 6.20 Å². The lowest BCUT2D eigenvalue weighted by Crippen LogP contribution is -2.47. The van der Waals surface area contributed by atoms with Gasteiger partial charge in [0.05, 0.1) is 18.8 Å². The number of halogens is 1. The number of hydrogen-bond acceptors (Lipinski definition) is 5. The molecular formula is C25H29BrN4O3. The predicted molar refractivity (Wildman–Crippen MR) is 129 cm³/mol. The van der Waals surface area contributed by atoms with Crippen molar-refractivity contribution in [3.63, 3.8) is 0 Å². The first-order valence-electron chi connectivity index (χ1n) is 11.3. The van der Waals surface area contributed by atoms with Crippen LogP contribution in [-0.2, 0) is 22.7 Å². The first kappa shape index (κ1) is 23.4. The van der Waals surface area contributed by atoms with E-state index in [1.165, 1.54) is 0 Å². The van der Waals surface area contributed by atoms with E-state index >= 15 is 0 Å². The van der Waals surface area contributed by atoms with E-state index in [-0.39, 0.29) is 30.2 Å². The van der Waals surface area contributed by atoms with Gasteiger partial charge in [-0.15, -0.1) is 0 Å². The third kappa shape index (κ3) is 6.65. The van der Waals surface area contributed by atoms with E-state index in [1.807, 2.05) is 47.4 Å². The molecule has 1 fully saturated rings. The van der Waals surface area contributed by atoms with Crippen LogP contribution in [-0.4, -0.2) is 47.9 Å². The Hall–Kier alpha value is -2.71. The van der Waals surface area contributed by atoms with Gasteiger partial charge in [-0.2, -0.15) is 0 Å². The van der Waals surface area contributed by atoms with Crippen LogP contribution >= 0.6 is 15.9 Å². The Bertz CT molecular complexity index is 998. The van der Waals surface area contributed by atoms with Gasteiger partial charge in [-0.3, -0.25) is 14.6 Å². The number of hydrogen-bond donors (Lipinski definition) is 2. The largest absolute Gasteiger partial charge is 0.489 e. The number of ether oxygens (including phenoxy) is 1. The van der Waals surface area contributed by atoms with Gasteiger partial charge in [0, 0.05) is 42.3 Å². The third-order valence-corrected chi connectivity index (χ3v) is 6.63. The third-order valence-electron chi connectivity index (χ3n) is 6.13. The van der Waals surface area contributed by atoms with Crippen molar-refractivity contribution in [2.75, 3.05) is 26.2 Å². The Balaban J connectivity index is 1.41. The maximum Gasteiger partial charge on any atom is 0.236 e. The van der Waals surface area contributed by atoms with E-state index in [9.17, 15) is 9.59 Å². The molecule has 1 aromatic carbocycles. The van der Waals surface area contributed by atoms with Crippen molar-refractivity contribution in [1.29, 1.82) is 0 Å². The fourth-order valence-electron chi connectivity index (χ4n) is 4.34. The smallest absolute Gasteiger partial charge is 0.236 e. The second-order valence-corrected chi connectivity index (χ2v) is 9.36. The second-order valence-electron chi connectivity index (χ2n) is 8.45. The number of amides is 2. The van der Waals surface area contributed by atoms with Crippen LogP contribution in [0, 0.1) is 11.8 Å². The van der Waals surface area contributed by atoms with Crippen molar-refractivity contribution in [1.82, 2.24) is 20.5 Å². The molecule has 2 aliphatic heterocycles. The molecule has 1 saturated heterocycles. The van der Waals surface area contributed by atoms with Gasteiger partial charge in [0.1, 0.15) is 12.4 Å². The maximum absolute atomic E-state index is 12.8. The Morgan fingerprint density at radius 1 is 1.27 bits per heavy atom. The van der Waals surface area contributed by atoms with E-state index in [2.05, 4.69) is 37.6 Å². The zero-order valence-electron chi connectivity index (χ0n) is 18.5. The lowest BCUT2D eigenvalue weighted by Gasteiger charge is -2.37. The van der Waals surface area contributed by atoms with Gasteiger partial charge in [-0.05, 0) is 48.6 Å². The molecule has 33 heavy (non-hydrogen) atoms. The second kappa shape index (κ2) is 11.4. The van der Waals surface area contributed by atoms with Crippen molar-refractivity contribution in [3.05, 3.63) is 70.5 Å². The summed E-state index contributed by atoms with van der Waals surface area (Å²) in [4.78, 5) is 31.6. The molecule has 0 spiro atoms. The number of nitrogens with zero attached hydrogens (tertiary/aromatic N) is 2. The number of piperidine rings is 1. The molecular weight excluding hydrogens is 484 g/mol. The molecule has 2 aromatic rings. The number of nitrogens with one attached hydrogen (secondary N) is 2. The summed E-state index contributed by atoms with van der Waals surface area (Å²) in [5.41, 5.74) is 1.84. The van der Waals surface area contributed by atoms with Crippen LogP contribution in [0.25, 0.3) is 0 Å². The SMILES string of the molecule is O=C(C[C@@H]1CCN2C[C@@H]1/C=C/COc1ccc(Br)cc1CNCC2=O)NCc1ccccn1. The number of fused-ring (bicyclic) bond motifs is 3. The summed E-state index contributed by atoms with van der Waals surface area (Å²) in [6.45, 7) is 2.98. The summed E-state index contributed by atoms with van der Waals surface area (Å²) in [6.07, 6.45) is 7.07. The summed E-state index contributed by atoms with van der Waals surface area (Å²) in [5.74, 6) is 1.19. The van der Waals surface area contributed by atoms with Crippen LogP contribution in [0.4, 0.5) is 0 Å². The molecule has 4 rings (SSSR count). The molecule has 0 unspecified atom stereocenters. The number of rotatable bonds is 4. The van der Waals surface area contributed by atoms with E-state index in [4.69, 9.17) is 4.74 Å². The molecule has 2 N–H and O–H groups in total. The summed E-state index contributed by atoms with van der Waals surface area (Å²) in [7, 11) is 0. The number of carbonyl (C=O) groups is 2. The molecule has 1 aromatic heterocycles. The summed E-state index contributed by atoms with van der Waals surface area (Å²) < 4.78 is 6.97. The van der Waals surface area contributed by atoms with Gasteiger partial charge in [-0.25, -0.2) is 0 Å². The van der Waals surface area contributed by atoms with Crippen LogP contribution in [0.2, 0.25) is 0 Å². The lowest BCUT2D eigenvalue weighted by molar-refractivity contribution is -0.132. The van der Waals surface area contributed by atoms with Gasteiger partial charge in [0.15, 0.2) is 0 Å². The molecule has 0 radical (unpaired) electrons. The zero-order valence-corrected chi connectivity index (χ0v) is 20.1. The zero-order chi connectivity index (χ0) is 23.0. The van der Waals surface area contributed by atoms with E-state index < -0.39 is 0 Å². The average Bonchev–Trinajstić information content (AvgIpc) is 2.83. The summed E-state index contributed by atoms with van der Waals surface area (Å²) in [6, 6.07) is 11.6. The topological polar surface area (TPSA) is 83.6 Å². The molecule has 2 atom stereocenters. The number of benzene rings is 1. The Morgan fingerprint density at radius 3 is 3.03 bits per heavy atom. The molecule has 0 saturated carbocycles. The molecule has 2 amide bonds. The maximum atomic E-state index is 12.8. The van der Waals surface area contributed by atoms with Crippen LogP contribution < -0.4 is 15.4 Å². The highest BCUT2D eigenvalue weighted by atomic mass is 79.9. The highest BCUT2D eigenvalue weighted by Crippen LogP contribution is 2.29. The minimum atomic E-state index is 0.0131. The summed E-state index contributed by atoms with van der Waals surface area (Å²) >= 11 is 3.50. The first-order valence-corrected chi connectivity index (χ1v) is 12.1. The lowest BCUT2D eigenvalue weighted by atomic mass is 9.82. The number of carbonyl (C=O) groups excluding carboxylic acids is 2. The van der Waals surface area contributed by atoms with Crippen molar-refractivity contribution < 1.29 is 14.3 Å². The Labute approximate surface area is 202 Å². The Kier molecular flexibility index (Phi) is 8.12. The van der Waals surface area contributed by atoms with Crippen molar-refractivity contribution in [2.24, 2.45) is 11.8 Å². The highest BCUT2D eigenvalue weighted by molar-refractivity contribution is 9.10. The van der Waals surface area contributed by atoms with E-state index in [0.717, 1.165) is 27.9 Å². The number of aromatic nitrogens is 1. The molecule has 7 nitrogen and oxygen atoms in total. The molecule has 8 heteroatoms. The minimum absolute atomic E-state index is 0.0131. The monoisotopic (exact) mass is 512 g/mol. The van der Waals surface area contributed by atoms with Crippen LogP contribution in [0.15, 0.2) is 59.2 Å². The highest BCUT2D eigenvalue weighted by Gasteiger charge is 2.31. The fourth-order valence-corrected chi connectivity index (χ4v) is 4.75. The van der Waals surface area contributed by atoms with Crippen LogP contribution in [0.3, 0.4) is 0 Å². The van der Waals surface area contributed by atoms with Gasteiger partial charge >= 0.3 is 0 Å². The molecule has 0 aliphatic carbocycles. The summed E-state index contributed by atoms with van der Waals surface area (Å²) in [5, 5.41) is 6.23. The van der Waals surface area contributed by atoms with Gasteiger partial charge in [0.2, 0.25) is 11.8 Å². The average molecular weight is 513 g/mol. The Morgan fingerprint density at radius 2 is 2.18 bits per heavy atom. The molecule has 2 aliphatic rings. The fraction of sp³-hybridized carbons (Fsp3) is 0.400. The number of pyridine rings is 1. The van der Waals surface area contributed by atoms with Crippen molar-refractivity contribution >= 4 is 27.7 Å². The van der Waals surface area contributed by atoms with Crippen LogP contribution in [0.5, 0.6) is 5.75 Å². The normalized spacial score (nSPS) is 22.1. The minimum Gasteiger partial charge on any atom is -0.489 e. The van der Waals surface area contributed by atoms with E-state index in [0.29, 0.717) is 39.2 Å². The quantitative estimate of drug-likeness (QED) is 0.615. The van der Waals surface area contributed by atoms with Gasteiger partial charge < -0.3 is 20.3 Å². The molecule has 3 heterocycles. The van der Waals surface area contributed by atoms with Gasteiger partial charge in [0.25, 0.3) is 0 Å². The molecule has 2 bridgehead atoms. The van der Waals surface area contributed by atoms with Crippen molar-refractivity contribution in [3.8, 4) is 5.75 Å². The standard InChI is InChI=1S/C25H29BrN4O3/c26-21-6-7-23-20(12-21)14-27-16-25(32)30-10-8-18(19(17-30)4-3-11-33-23)13-24(31)29-15-22-5-1-2-9-28-22/h1-7,9,12,18-19,27H,8,10-11,13-17H2,(H,29,31)/b4-3+/t18-,19-/m0/s1. The van der Waals surface area contributed by atoms with Gasteiger partial charge in [-0.1, -0.05) is 34.1 Å². The first-order chi connectivity index (χ1) is 16.1. The molecule has 174 valence electrons.